The fraction of sp³-hybridized carbons (Fsp3) is 0.415. The van der Waals surface area contributed by atoms with Gasteiger partial charge in [0, 0.05) is 38.0 Å². The van der Waals surface area contributed by atoms with Gasteiger partial charge >= 0.3 is 187 Å². The molecule has 3 nitrogen and oxygen atoms in total. The molecular weight excluding hydrogens is 810 g/mol. The molecule has 2 aromatic heterocycles. The van der Waals surface area contributed by atoms with Crippen LogP contribution in [0.1, 0.15) is 93.6 Å². The molecule has 1 radical (unpaired) electrons. The summed E-state index contributed by atoms with van der Waals surface area (Å²) in [6.45, 7) is 18.1. The summed E-state index contributed by atoms with van der Waals surface area (Å²) in [4.78, 5) is 16.5. The molecule has 5 rings (SSSR count). The minimum Gasteiger partial charge on any atom is 0 e. The molecule has 0 fully saturated rings. The zero-order valence-corrected chi connectivity index (χ0v) is 32.9. The number of benzene rings is 3. The molecule has 5 aromatic rings. The summed E-state index contributed by atoms with van der Waals surface area (Å²) in [6, 6.07) is 20.4. The van der Waals surface area contributed by atoms with Crippen molar-refractivity contribution in [2.45, 2.75) is 94.4 Å². The maximum absolute atomic E-state index is 11.7. The topological polar surface area (TPSA) is 50.2 Å². The fourth-order valence-electron chi connectivity index (χ4n) is 5.99. The first-order valence-corrected chi connectivity index (χ1v) is 18.1. The van der Waals surface area contributed by atoms with Crippen LogP contribution in [0.2, 0.25) is 0 Å². The summed E-state index contributed by atoms with van der Waals surface area (Å²) in [5, 5.41) is 14.6. The average Bonchev–Trinajstić information content (AvgIpc) is 3.40. The van der Waals surface area contributed by atoms with Gasteiger partial charge in [-0.3, -0.25) is 4.79 Å². The molecule has 0 unspecified atom stereocenters. The summed E-state index contributed by atoms with van der Waals surface area (Å²) in [7, 11) is 0. The SMILES string of the molecule is CCC(CC)C(=O)/C=C(\O)C(CC)CC.[2H]C([2H])(c1ccc2c(ccc3c4ccnc(-c5[c-]c(C)cc(C)c5)c4[se]c23)c1)C(C)(C)C.[Ir]. The second-order valence-electron chi connectivity index (χ2n) is 13.1. The first-order chi connectivity index (χ1) is 22.2. The molecule has 3 aromatic carbocycles. The molecule has 0 saturated carbocycles. The Hall–Kier alpha value is -2.55. The Labute approximate surface area is 298 Å². The van der Waals surface area contributed by atoms with Crippen molar-refractivity contribution in [3.63, 3.8) is 0 Å². The Morgan fingerprint density at radius 2 is 1.54 bits per heavy atom. The van der Waals surface area contributed by atoms with Crippen molar-refractivity contribution in [1.82, 2.24) is 4.98 Å². The quantitative estimate of drug-likeness (QED) is 0.0695. The van der Waals surface area contributed by atoms with Crippen LogP contribution in [0.15, 0.2) is 66.6 Å². The van der Waals surface area contributed by atoms with E-state index in [-0.39, 0.29) is 58.0 Å². The summed E-state index contributed by atoms with van der Waals surface area (Å²) in [6.07, 6.45) is 5.42. The van der Waals surface area contributed by atoms with Gasteiger partial charge in [0.25, 0.3) is 0 Å². The van der Waals surface area contributed by atoms with Crippen LogP contribution in [0.25, 0.3) is 41.3 Å². The summed E-state index contributed by atoms with van der Waals surface area (Å²) in [5.41, 5.74) is 4.74. The van der Waals surface area contributed by atoms with E-state index in [0.717, 1.165) is 53.5 Å². The van der Waals surface area contributed by atoms with E-state index < -0.39 is 11.8 Å². The van der Waals surface area contributed by atoms with Gasteiger partial charge in [0.05, 0.1) is 5.76 Å². The van der Waals surface area contributed by atoms with Crippen LogP contribution in [0.4, 0.5) is 0 Å². The third-order valence-corrected chi connectivity index (χ3v) is 11.0. The van der Waals surface area contributed by atoms with Crippen LogP contribution in [0.3, 0.4) is 0 Å². The van der Waals surface area contributed by atoms with E-state index in [0.29, 0.717) is 0 Å². The van der Waals surface area contributed by atoms with Crippen molar-refractivity contribution >= 4 is 50.4 Å². The molecule has 0 atom stereocenters. The van der Waals surface area contributed by atoms with Crippen LogP contribution in [-0.2, 0) is 31.3 Å². The van der Waals surface area contributed by atoms with Crippen molar-refractivity contribution in [2.24, 2.45) is 17.3 Å². The van der Waals surface area contributed by atoms with Gasteiger partial charge in [0.15, 0.2) is 5.78 Å². The number of aromatic nitrogens is 1. The number of carbonyl (C=O) groups is 1. The minimum atomic E-state index is -1.40. The molecule has 0 aliphatic rings. The second-order valence-corrected chi connectivity index (χ2v) is 15.3. The standard InChI is InChI=1S/C28H26NSe.C13H24O2.Ir/c1-17-12-18(2)14-21(13-17)25-27-24(10-11-29-25)23-9-7-20-15-19(16-28(3,4)5)6-8-22(20)26(23)30-27;1-5-10(6-2)12(14)9-13(15)11(7-3)8-4;/h6-13,15H,16H2,1-5H3;9-11,14H,5-8H2,1-4H3;/q-1;;/b;12-9-;/i16D2;;. The number of hydrogen-bond donors (Lipinski definition) is 1. The van der Waals surface area contributed by atoms with Crippen LogP contribution < -0.4 is 0 Å². The number of allylic oxidation sites excluding steroid dienone is 2. The third-order valence-electron chi connectivity index (χ3n) is 8.37. The van der Waals surface area contributed by atoms with E-state index >= 15 is 0 Å². The molecule has 5 heteroatoms. The van der Waals surface area contributed by atoms with Gasteiger partial charge in [-0.05, 0) is 25.7 Å². The number of aliphatic hydroxyl groups is 1. The second kappa shape index (κ2) is 16.5. The predicted molar refractivity (Wildman–Crippen MR) is 194 cm³/mol. The number of carbonyl (C=O) groups excluding carboxylic acids is 1. The number of hydrogen-bond acceptors (Lipinski definition) is 3. The van der Waals surface area contributed by atoms with Crippen molar-refractivity contribution < 1.29 is 32.7 Å². The maximum Gasteiger partial charge on any atom is 0 e. The predicted octanol–water partition coefficient (Wildman–Crippen LogP) is 11.1. The summed E-state index contributed by atoms with van der Waals surface area (Å²) in [5.74, 6) is 0.547. The number of nitrogens with zero attached hydrogens (tertiary/aromatic N) is 1. The van der Waals surface area contributed by atoms with E-state index in [2.05, 4.69) is 56.3 Å². The molecule has 0 spiro atoms. The van der Waals surface area contributed by atoms with Gasteiger partial charge in [-0.15, -0.1) is 0 Å². The first-order valence-electron chi connectivity index (χ1n) is 17.4. The van der Waals surface area contributed by atoms with E-state index in [1.54, 1.807) is 0 Å². The molecule has 247 valence electrons. The minimum absolute atomic E-state index is 0. The van der Waals surface area contributed by atoms with Gasteiger partial charge in [-0.1, -0.05) is 27.7 Å². The van der Waals surface area contributed by atoms with Crippen LogP contribution in [-0.4, -0.2) is 30.4 Å². The van der Waals surface area contributed by atoms with Crippen LogP contribution in [0.5, 0.6) is 0 Å². The average molecular weight is 862 g/mol. The Balaban J connectivity index is 0.000000334. The molecule has 2 heterocycles. The molecular formula is C41H50IrNO2Se-. The van der Waals surface area contributed by atoms with E-state index in [1.165, 1.54) is 36.3 Å². The Morgan fingerprint density at radius 1 is 0.913 bits per heavy atom. The fourth-order valence-corrected chi connectivity index (χ4v) is 8.80. The van der Waals surface area contributed by atoms with Gasteiger partial charge in [-0.2, -0.15) is 0 Å². The zero-order chi connectivity index (χ0) is 34.7. The van der Waals surface area contributed by atoms with Crippen molar-refractivity contribution in [1.29, 1.82) is 0 Å². The Morgan fingerprint density at radius 3 is 2.15 bits per heavy atom. The smallest absolute Gasteiger partial charge is 0 e. The van der Waals surface area contributed by atoms with Gasteiger partial charge < -0.3 is 5.11 Å². The number of aliphatic hydroxyl groups excluding tert-OH is 1. The van der Waals surface area contributed by atoms with E-state index in [9.17, 15) is 9.90 Å². The summed E-state index contributed by atoms with van der Waals surface area (Å²) < 4.78 is 20.0. The van der Waals surface area contributed by atoms with Crippen LogP contribution >= 0.6 is 0 Å². The molecule has 46 heavy (non-hydrogen) atoms. The largest absolute Gasteiger partial charge is 0 e. The first kappa shape index (κ1) is 34.8. The van der Waals surface area contributed by atoms with Crippen molar-refractivity contribution in [2.75, 3.05) is 0 Å². The van der Waals surface area contributed by atoms with Crippen molar-refractivity contribution in [3.05, 3.63) is 89.3 Å². The molecule has 0 aliphatic carbocycles. The van der Waals surface area contributed by atoms with E-state index in [4.69, 9.17) is 7.73 Å². The molecule has 0 saturated heterocycles. The normalized spacial score (nSPS) is 13.1. The van der Waals surface area contributed by atoms with E-state index in [1.807, 2.05) is 66.8 Å². The molecule has 0 aliphatic heterocycles. The maximum atomic E-state index is 11.7. The van der Waals surface area contributed by atoms with Gasteiger partial charge in [0.2, 0.25) is 0 Å². The Bertz CT molecular complexity index is 1890. The van der Waals surface area contributed by atoms with Crippen LogP contribution in [0, 0.1) is 37.2 Å². The number of aryl methyl sites for hydroxylation is 2. The number of rotatable bonds is 9. The summed E-state index contributed by atoms with van der Waals surface area (Å²) >= 11 is 0.129. The number of pyridine rings is 1. The van der Waals surface area contributed by atoms with Gasteiger partial charge in [-0.25, -0.2) is 0 Å². The zero-order valence-electron chi connectivity index (χ0n) is 30.8. The number of fused-ring (bicyclic) bond motifs is 5. The van der Waals surface area contributed by atoms with Gasteiger partial charge in [0.1, 0.15) is 0 Å². The number of ketones is 1. The van der Waals surface area contributed by atoms with Crippen molar-refractivity contribution in [3.8, 4) is 11.3 Å². The monoisotopic (exact) mass is 863 g/mol. The Kier molecular flexibility index (Phi) is 12.5. The molecule has 0 bridgehead atoms. The molecule has 1 N–H and O–H groups in total. The molecule has 0 amide bonds. The third kappa shape index (κ3) is 9.07.